The predicted molar refractivity (Wildman–Crippen MR) is 75.5 cm³/mol. The van der Waals surface area contributed by atoms with Crippen molar-refractivity contribution in [3.63, 3.8) is 0 Å². The Morgan fingerprint density at radius 1 is 1.33 bits per heavy atom. The summed E-state index contributed by atoms with van der Waals surface area (Å²) in [4.78, 5) is 15.9. The number of aromatic nitrogens is 1. The van der Waals surface area contributed by atoms with E-state index in [2.05, 4.69) is 26.2 Å². The molecule has 2 rings (SSSR count). The number of benzene rings is 1. The molecular weight excluding hydrogens is 294 g/mol. The summed E-state index contributed by atoms with van der Waals surface area (Å²) >= 11 is 3.41. The first-order valence-electron chi connectivity index (χ1n) is 5.35. The molecule has 2 aromatic rings. The number of nitrogen functional groups attached to an aromatic ring is 1. The van der Waals surface area contributed by atoms with Gasteiger partial charge in [-0.15, -0.1) is 0 Å². The van der Waals surface area contributed by atoms with Gasteiger partial charge in [-0.3, -0.25) is 4.79 Å². The number of hydrogen-bond acceptors (Lipinski definition) is 3. The topological polar surface area (TPSA) is 68.0 Å². The first-order chi connectivity index (χ1) is 8.56. The maximum atomic E-state index is 11.9. The third-order valence-corrected chi connectivity index (χ3v) is 3.32. The number of nitrogens with one attached hydrogen (secondary N) is 1. The van der Waals surface area contributed by atoms with E-state index in [4.69, 9.17) is 5.73 Å². The molecule has 0 bridgehead atoms. The second-order valence-corrected chi connectivity index (χ2v) is 4.75. The predicted octanol–water partition coefficient (Wildman–Crippen LogP) is 2.99. The number of nitrogens with two attached hydrogens (primary N) is 1. The molecular formula is C13H12BrN3O. The van der Waals surface area contributed by atoms with E-state index in [1.165, 1.54) is 6.20 Å². The number of amides is 1. The minimum absolute atomic E-state index is 0.253. The third-order valence-electron chi connectivity index (χ3n) is 2.43. The number of rotatable bonds is 2. The fourth-order valence-corrected chi connectivity index (χ4v) is 1.70. The van der Waals surface area contributed by atoms with Gasteiger partial charge in [-0.25, -0.2) is 4.98 Å². The molecule has 0 atom stereocenters. The van der Waals surface area contributed by atoms with Gasteiger partial charge in [-0.05, 0) is 42.8 Å². The average molecular weight is 306 g/mol. The van der Waals surface area contributed by atoms with Crippen LogP contribution >= 0.6 is 15.9 Å². The van der Waals surface area contributed by atoms with E-state index in [0.29, 0.717) is 11.4 Å². The quantitative estimate of drug-likeness (QED) is 0.896. The highest BCUT2D eigenvalue weighted by Crippen LogP contribution is 2.20. The Bertz CT molecular complexity index is 581. The highest BCUT2D eigenvalue weighted by Gasteiger charge is 2.07. The summed E-state index contributed by atoms with van der Waals surface area (Å²) in [6.45, 7) is 1.96. The van der Waals surface area contributed by atoms with Crippen LogP contribution in [0.25, 0.3) is 0 Å². The Kier molecular flexibility index (Phi) is 3.62. The lowest BCUT2D eigenvalue weighted by Gasteiger charge is -2.06. The molecule has 5 heteroatoms. The van der Waals surface area contributed by atoms with E-state index in [-0.39, 0.29) is 5.91 Å². The lowest BCUT2D eigenvalue weighted by atomic mass is 10.2. The van der Waals surface area contributed by atoms with E-state index in [0.717, 1.165) is 15.7 Å². The Hall–Kier alpha value is -1.88. The van der Waals surface area contributed by atoms with Gasteiger partial charge in [-0.1, -0.05) is 15.9 Å². The normalized spacial score (nSPS) is 10.1. The lowest BCUT2D eigenvalue weighted by molar-refractivity contribution is 0.102. The number of carbonyl (C=O) groups excluding carboxylic acids is 1. The van der Waals surface area contributed by atoms with Crippen molar-refractivity contribution < 1.29 is 4.79 Å². The van der Waals surface area contributed by atoms with Crippen molar-refractivity contribution in [3.8, 4) is 0 Å². The first kappa shape index (κ1) is 12.6. The Balaban J connectivity index is 2.16. The molecule has 4 nitrogen and oxygen atoms in total. The SMILES string of the molecule is Cc1cc(NC(=O)c2ccc(N)cn2)ccc1Br. The number of aryl methyl sites for hydroxylation is 1. The van der Waals surface area contributed by atoms with Gasteiger partial charge in [0, 0.05) is 10.2 Å². The smallest absolute Gasteiger partial charge is 0.274 e. The van der Waals surface area contributed by atoms with E-state index in [1.807, 2.05) is 25.1 Å². The van der Waals surface area contributed by atoms with Crippen LogP contribution in [0.4, 0.5) is 11.4 Å². The number of pyridine rings is 1. The molecule has 1 heterocycles. The maximum absolute atomic E-state index is 11.9. The van der Waals surface area contributed by atoms with Crippen molar-refractivity contribution in [2.75, 3.05) is 11.1 Å². The summed E-state index contributed by atoms with van der Waals surface area (Å²) in [6, 6.07) is 8.85. The van der Waals surface area contributed by atoms with Gasteiger partial charge in [0.15, 0.2) is 0 Å². The summed E-state index contributed by atoms with van der Waals surface area (Å²) in [5.74, 6) is -0.253. The van der Waals surface area contributed by atoms with Gasteiger partial charge in [0.05, 0.1) is 11.9 Å². The Morgan fingerprint density at radius 3 is 2.72 bits per heavy atom. The van der Waals surface area contributed by atoms with Crippen LogP contribution in [0.1, 0.15) is 16.1 Å². The van der Waals surface area contributed by atoms with Crippen LogP contribution in [0, 0.1) is 6.92 Å². The Labute approximate surface area is 113 Å². The monoisotopic (exact) mass is 305 g/mol. The standard InChI is InChI=1S/C13H12BrN3O/c1-8-6-10(3-4-11(8)14)17-13(18)12-5-2-9(15)7-16-12/h2-7H,15H2,1H3,(H,17,18). The fraction of sp³-hybridized carbons (Fsp3) is 0.0769. The molecule has 0 saturated carbocycles. The van der Waals surface area contributed by atoms with E-state index in [9.17, 15) is 4.79 Å². The number of anilines is 2. The van der Waals surface area contributed by atoms with Crippen molar-refractivity contribution in [3.05, 3.63) is 52.3 Å². The lowest BCUT2D eigenvalue weighted by Crippen LogP contribution is -2.13. The van der Waals surface area contributed by atoms with Crippen LogP contribution in [-0.2, 0) is 0 Å². The number of halogens is 1. The van der Waals surface area contributed by atoms with Crippen LogP contribution in [0.15, 0.2) is 41.0 Å². The second-order valence-electron chi connectivity index (χ2n) is 3.89. The summed E-state index contributed by atoms with van der Waals surface area (Å²) in [5.41, 5.74) is 8.18. The van der Waals surface area contributed by atoms with Gasteiger partial charge >= 0.3 is 0 Å². The number of hydrogen-bond donors (Lipinski definition) is 2. The molecule has 0 aliphatic carbocycles. The molecule has 1 aromatic heterocycles. The van der Waals surface area contributed by atoms with Gasteiger partial charge in [0.1, 0.15) is 5.69 Å². The van der Waals surface area contributed by atoms with E-state index >= 15 is 0 Å². The summed E-state index contributed by atoms with van der Waals surface area (Å²) in [7, 11) is 0. The molecule has 3 N–H and O–H groups in total. The van der Waals surface area contributed by atoms with Crippen LogP contribution in [0.3, 0.4) is 0 Å². The van der Waals surface area contributed by atoms with Gasteiger partial charge in [0.25, 0.3) is 5.91 Å². The molecule has 0 unspecified atom stereocenters. The first-order valence-corrected chi connectivity index (χ1v) is 6.14. The molecule has 0 aliphatic heterocycles. The molecule has 92 valence electrons. The second kappa shape index (κ2) is 5.18. The van der Waals surface area contributed by atoms with Crippen molar-refractivity contribution in [1.29, 1.82) is 0 Å². The van der Waals surface area contributed by atoms with Crippen molar-refractivity contribution in [2.45, 2.75) is 6.92 Å². The molecule has 0 fully saturated rings. The Morgan fingerprint density at radius 2 is 2.11 bits per heavy atom. The van der Waals surface area contributed by atoms with Crippen molar-refractivity contribution in [2.24, 2.45) is 0 Å². The zero-order valence-electron chi connectivity index (χ0n) is 9.77. The van der Waals surface area contributed by atoms with Crippen LogP contribution in [0.2, 0.25) is 0 Å². The zero-order chi connectivity index (χ0) is 13.1. The fourth-order valence-electron chi connectivity index (χ4n) is 1.46. The maximum Gasteiger partial charge on any atom is 0.274 e. The summed E-state index contributed by atoms with van der Waals surface area (Å²) in [5, 5.41) is 2.78. The van der Waals surface area contributed by atoms with Crippen molar-refractivity contribution in [1.82, 2.24) is 4.98 Å². The van der Waals surface area contributed by atoms with Gasteiger partial charge < -0.3 is 11.1 Å². The van der Waals surface area contributed by atoms with Gasteiger partial charge in [0.2, 0.25) is 0 Å². The average Bonchev–Trinajstić information content (AvgIpc) is 2.34. The molecule has 1 aromatic carbocycles. The summed E-state index contributed by atoms with van der Waals surface area (Å²) < 4.78 is 1.01. The molecule has 1 amide bonds. The van der Waals surface area contributed by atoms with Crippen molar-refractivity contribution >= 4 is 33.2 Å². The molecule has 0 radical (unpaired) electrons. The number of carbonyl (C=O) groups is 1. The van der Waals surface area contributed by atoms with E-state index < -0.39 is 0 Å². The molecule has 0 saturated heterocycles. The zero-order valence-corrected chi connectivity index (χ0v) is 11.4. The minimum Gasteiger partial charge on any atom is -0.397 e. The number of nitrogens with zero attached hydrogens (tertiary/aromatic N) is 1. The minimum atomic E-state index is -0.253. The van der Waals surface area contributed by atoms with Crippen LogP contribution in [0.5, 0.6) is 0 Å². The molecule has 0 spiro atoms. The van der Waals surface area contributed by atoms with Gasteiger partial charge in [-0.2, -0.15) is 0 Å². The highest BCUT2D eigenvalue weighted by molar-refractivity contribution is 9.10. The summed E-state index contributed by atoms with van der Waals surface area (Å²) in [6.07, 6.45) is 1.46. The third kappa shape index (κ3) is 2.87. The van der Waals surface area contributed by atoms with Crippen LogP contribution in [-0.4, -0.2) is 10.9 Å². The highest BCUT2D eigenvalue weighted by atomic mass is 79.9. The van der Waals surface area contributed by atoms with Crippen LogP contribution < -0.4 is 11.1 Å². The molecule has 0 aliphatic rings. The van der Waals surface area contributed by atoms with E-state index in [1.54, 1.807) is 12.1 Å². The largest absolute Gasteiger partial charge is 0.397 e. The molecule has 18 heavy (non-hydrogen) atoms.